The largest absolute Gasteiger partial charge is 0.489 e. The summed E-state index contributed by atoms with van der Waals surface area (Å²) in [7, 11) is 0. The molecule has 0 bridgehead atoms. The topological polar surface area (TPSA) is 53.7 Å². The van der Waals surface area contributed by atoms with Gasteiger partial charge in [0.15, 0.2) is 5.75 Å². The Kier molecular flexibility index (Phi) is 9.66. The maximum absolute atomic E-state index is 6.12. The lowest BCUT2D eigenvalue weighted by Gasteiger charge is -2.17. The predicted octanol–water partition coefficient (Wildman–Crippen LogP) is 5.98. The zero-order chi connectivity index (χ0) is 18.2. The third-order valence-corrected chi connectivity index (χ3v) is 3.94. The quantitative estimate of drug-likeness (QED) is 0.536. The van der Waals surface area contributed by atoms with E-state index in [0.29, 0.717) is 18.1 Å². The first-order valence-electron chi connectivity index (χ1n) is 8.01. The monoisotopic (exact) mass is 417 g/mol. The SMILES string of the molecule is CCc1cc(OCC=C(Cl)Cl)cc(CC)c1Oc1cccc(ON)c1.Cl. The Morgan fingerprint density at radius 1 is 1.00 bits per heavy atom. The lowest BCUT2D eigenvalue weighted by Crippen LogP contribution is -2.02. The van der Waals surface area contributed by atoms with Gasteiger partial charge < -0.3 is 14.3 Å². The fraction of sp³-hybridized carbons (Fsp3) is 0.263. The van der Waals surface area contributed by atoms with E-state index in [9.17, 15) is 0 Å². The first-order valence-corrected chi connectivity index (χ1v) is 8.77. The average molecular weight is 419 g/mol. The first kappa shape index (κ1) is 22.5. The standard InChI is InChI=1S/C19H21Cl2NO3.ClH/c1-3-13-10-17(23-9-8-18(20)21)11-14(4-2)19(13)24-15-6-5-7-16(12-15)25-22;/h5-8,10-12H,3-4,9,22H2,1-2H3;1H. The molecule has 0 fully saturated rings. The van der Waals surface area contributed by atoms with Crippen LogP contribution in [-0.4, -0.2) is 6.61 Å². The molecule has 7 heteroatoms. The van der Waals surface area contributed by atoms with Gasteiger partial charge in [-0.15, -0.1) is 12.4 Å². The summed E-state index contributed by atoms with van der Waals surface area (Å²) in [5.74, 6) is 8.01. The highest BCUT2D eigenvalue weighted by molar-refractivity contribution is 6.55. The molecule has 0 saturated carbocycles. The number of nitrogens with two attached hydrogens (primary N) is 1. The van der Waals surface area contributed by atoms with Gasteiger partial charge in [0.05, 0.1) is 0 Å². The van der Waals surface area contributed by atoms with Crippen LogP contribution in [0, 0.1) is 0 Å². The van der Waals surface area contributed by atoms with Crippen LogP contribution in [0.15, 0.2) is 47.0 Å². The molecule has 2 N–H and O–H groups in total. The predicted molar refractivity (Wildman–Crippen MR) is 109 cm³/mol. The molecule has 0 unspecified atom stereocenters. The van der Waals surface area contributed by atoms with Gasteiger partial charge in [-0.3, -0.25) is 0 Å². The van der Waals surface area contributed by atoms with Gasteiger partial charge in [0.25, 0.3) is 0 Å². The average Bonchev–Trinajstić information content (AvgIpc) is 2.62. The number of halogens is 3. The van der Waals surface area contributed by atoms with Crippen molar-refractivity contribution in [1.82, 2.24) is 0 Å². The van der Waals surface area contributed by atoms with Crippen LogP contribution >= 0.6 is 35.6 Å². The summed E-state index contributed by atoms with van der Waals surface area (Å²) in [6.07, 6.45) is 3.21. The van der Waals surface area contributed by atoms with Gasteiger partial charge in [-0.25, -0.2) is 0 Å². The molecule has 0 aliphatic heterocycles. The highest BCUT2D eigenvalue weighted by Crippen LogP contribution is 2.35. The van der Waals surface area contributed by atoms with Crippen molar-refractivity contribution in [2.24, 2.45) is 5.90 Å². The van der Waals surface area contributed by atoms with Crippen molar-refractivity contribution in [2.45, 2.75) is 26.7 Å². The molecule has 26 heavy (non-hydrogen) atoms. The lowest BCUT2D eigenvalue weighted by atomic mass is 10.0. The molecule has 0 heterocycles. The molecule has 0 spiro atoms. The van der Waals surface area contributed by atoms with E-state index in [4.69, 9.17) is 43.4 Å². The smallest absolute Gasteiger partial charge is 0.150 e. The first-order chi connectivity index (χ1) is 12.1. The minimum atomic E-state index is 0. The van der Waals surface area contributed by atoms with E-state index in [1.165, 1.54) is 0 Å². The number of hydrogen-bond donors (Lipinski definition) is 1. The molecule has 0 atom stereocenters. The van der Waals surface area contributed by atoms with E-state index in [0.717, 1.165) is 35.5 Å². The van der Waals surface area contributed by atoms with Gasteiger partial charge >= 0.3 is 0 Å². The third kappa shape index (κ3) is 6.29. The number of aryl methyl sites for hydroxylation is 2. The summed E-state index contributed by atoms with van der Waals surface area (Å²) in [5, 5.41) is 0. The van der Waals surface area contributed by atoms with Crippen LogP contribution < -0.4 is 20.2 Å². The van der Waals surface area contributed by atoms with Crippen molar-refractivity contribution in [3.8, 4) is 23.0 Å². The van der Waals surface area contributed by atoms with Crippen LogP contribution in [0.5, 0.6) is 23.0 Å². The van der Waals surface area contributed by atoms with Crippen molar-refractivity contribution in [3.63, 3.8) is 0 Å². The molecule has 4 nitrogen and oxygen atoms in total. The van der Waals surface area contributed by atoms with Crippen LogP contribution in [0.3, 0.4) is 0 Å². The molecular formula is C19H22Cl3NO3. The van der Waals surface area contributed by atoms with E-state index in [-0.39, 0.29) is 16.9 Å². The minimum Gasteiger partial charge on any atom is -0.489 e. The summed E-state index contributed by atoms with van der Waals surface area (Å²) < 4.78 is 12.0. The number of hydrogen-bond acceptors (Lipinski definition) is 4. The maximum atomic E-state index is 6.12. The van der Waals surface area contributed by atoms with Crippen molar-refractivity contribution in [2.75, 3.05) is 6.61 Å². The van der Waals surface area contributed by atoms with Crippen molar-refractivity contribution >= 4 is 35.6 Å². The molecule has 0 amide bonds. The van der Waals surface area contributed by atoms with Crippen molar-refractivity contribution < 1.29 is 14.3 Å². The van der Waals surface area contributed by atoms with E-state index < -0.39 is 0 Å². The number of ether oxygens (including phenoxy) is 2. The molecule has 0 aromatic heterocycles. The van der Waals surface area contributed by atoms with Crippen LogP contribution in [0.2, 0.25) is 0 Å². The summed E-state index contributed by atoms with van der Waals surface area (Å²) >= 11 is 11.2. The summed E-state index contributed by atoms with van der Waals surface area (Å²) in [5.41, 5.74) is 2.10. The molecule has 142 valence electrons. The second-order valence-corrected chi connectivity index (χ2v) is 6.29. The Morgan fingerprint density at radius 2 is 1.62 bits per heavy atom. The Morgan fingerprint density at radius 3 is 2.15 bits per heavy atom. The lowest BCUT2D eigenvalue weighted by molar-refractivity contribution is 0.332. The molecule has 0 radical (unpaired) electrons. The maximum Gasteiger partial charge on any atom is 0.150 e. The minimum absolute atomic E-state index is 0. The Balaban J connectivity index is 0.00000338. The van der Waals surface area contributed by atoms with Crippen LogP contribution in [0.1, 0.15) is 25.0 Å². The summed E-state index contributed by atoms with van der Waals surface area (Å²) in [6, 6.07) is 11.1. The van der Waals surface area contributed by atoms with E-state index in [1.54, 1.807) is 18.2 Å². The number of benzene rings is 2. The van der Waals surface area contributed by atoms with Gasteiger partial charge in [0, 0.05) is 6.07 Å². The molecule has 0 aliphatic carbocycles. The van der Waals surface area contributed by atoms with Gasteiger partial charge in [-0.2, -0.15) is 5.90 Å². The summed E-state index contributed by atoms with van der Waals surface area (Å²) in [4.78, 5) is 4.76. The van der Waals surface area contributed by atoms with Gasteiger partial charge in [0.2, 0.25) is 0 Å². The van der Waals surface area contributed by atoms with E-state index >= 15 is 0 Å². The molecule has 2 rings (SSSR count). The molecule has 0 saturated heterocycles. The Labute approximate surface area is 170 Å². The van der Waals surface area contributed by atoms with Crippen LogP contribution in [0.25, 0.3) is 0 Å². The molecule has 2 aromatic rings. The van der Waals surface area contributed by atoms with Crippen molar-refractivity contribution in [3.05, 3.63) is 58.1 Å². The number of rotatable bonds is 8. The van der Waals surface area contributed by atoms with Crippen LogP contribution in [0.4, 0.5) is 0 Å². The Hall–Kier alpha value is -1.59. The Bertz CT molecular complexity index is 722. The third-order valence-electron chi connectivity index (χ3n) is 3.63. The van der Waals surface area contributed by atoms with E-state index in [1.807, 2.05) is 24.3 Å². The van der Waals surface area contributed by atoms with E-state index in [2.05, 4.69) is 13.8 Å². The van der Waals surface area contributed by atoms with Crippen molar-refractivity contribution in [1.29, 1.82) is 0 Å². The second-order valence-electron chi connectivity index (χ2n) is 5.28. The zero-order valence-corrected chi connectivity index (χ0v) is 17.0. The second kappa shape index (κ2) is 11.2. The van der Waals surface area contributed by atoms with Gasteiger partial charge in [-0.05, 0) is 54.3 Å². The molecule has 2 aromatic carbocycles. The van der Waals surface area contributed by atoms with Crippen LogP contribution in [-0.2, 0) is 12.8 Å². The molecule has 0 aliphatic rings. The highest BCUT2D eigenvalue weighted by Gasteiger charge is 2.13. The fourth-order valence-corrected chi connectivity index (χ4v) is 2.52. The fourth-order valence-electron chi connectivity index (χ4n) is 2.39. The summed E-state index contributed by atoms with van der Waals surface area (Å²) in [6.45, 7) is 4.45. The van der Waals surface area contributed by atoms with Gasteiger partial charge in [-0.1, -0.05) is 43.1 Å². The normalized spacial score (nSPS) is 9.88. The highest BCUT2D eigenvalue weighted by atomic mass is 35.5. The van der Waals surface area contributed by atoms with Gasteiger partial charge in [0.1, 0.15) is 28.3 Å². The zero-order valence-electron chi connectivity index (χ0n) is 14.6. The molecular weight excluding hydrogens is 397 g/mol.